The molecule has 5 nitrogen and oxygen atoms in total. The molecule has 1 aromatic carbocycles. The number of hydrogen-bond donors (Lipinski definition) is 0. The summed E-state index contributed by atoms with van der Waals surface area (Å²) in [6.45, 7) is 11.3. The average molecular weight is 438 g/mol. The largest absolute Gasteiger partial charge is 0.466 e. The highest BCUT2D eigenvalue weighted by atomic mass is 16.3. The maximum Gasteiger partial charge on any atom is 0.222 e. The maximum atomic E-state index is 12.8. The predicted molar refractivity (Wildman–Crippen MR) is 130 cm³/mol. The third-order valence-electron chi connectivity index (χ3n) is 7.35. The van der Waals surface area contributed by atoms with Gasteiger partial charge in [-0.1, -0.05) is 25.1 Å². The summed E-state index contributed by atoms with van der Waals surface area (Å²) in [4.78, 5) is 19.8. The van der Waals surface area contributed by atoms with Crippen LogP contribution >= 0.6 is 0 Å². The van der Waals surface area contributed by atoms with Crippen LogP contribution in [0.25, 0.3) is 0 Å². The van der Waals surface area contributed by atoms with E-state index in [-0.39, 0.29) is 0 Å². The molecule has 1 aromatic heterocycles. The van der Waals surface area contributed by atoms with Gasteiger partial charge in [0.15, 0.2) is 0 Å². The second-order valence-electron chi connectivity index (χ2n) is 9.67. The lowest BCUT2D eigenvalue weighted by molar-refractivity contribution is -0.131. The van der Waals surface area contributed by atoms with E-state index in [1.807, 2.05) is 6.92 Å². The number of nitrogens with zero attached hydrogens (tertiary/aromatic N) is 3. The van der Waals surface area contributed by atoms with Crippen molar-refractivity contribution in [1.82, 2.24) is 9.80 Å². The summed E-state index contributed by atoms with van der Waals surface area (Å²) in [5.41, 5.74) is 1.26. The van der Waals surface area contributed by atoms with Crippen molar-refractivity contribution in [1.29, 1.82) is 0 Å². The molecule has 0 unspecified atom stereocenters. The number of likely N-dealkylation sites (tertiary alicyclic amines) is 1. The minimum Gasteiger partial charge on any atom is -0.466 e. The summed E-state index contributed by atoms with van der Waals surface area (Å²) < 4.78 is 5.78. The fraction of sp³-hybridized carbons (Fsp3) is 0.593. The van der Waals surface area contributed by atoms with Gasteiger partial charge in [0, 0.05) is 44.2 Å². The molecule has 2 aliphatic rings. The number of piperazine rings is 1. The van der Waals surface area contributed by atoms with Crippen LogP contribution in [0.2, 0.25) is 0 Å². The number of amides is 1. The summed E-state index contributed by atoms with van der Waals surface area (Å²) in [6, 6.07) is 14.7. The Morgan fingerprint density at radius 1 is 1.00 bits per heavy atom. The number of hydrogen-bond acceptors (Lipinski definition) is 4. The molecule has 32 heavy (non-hydrogen) atoms. The zero-order valence-electron chi connectivity index (χ0n) is 19.8. The molecule has 0 N–H and O–H groups in total. The first-order chi connectivity index (χ1) is 15.6. The van der Waals surface area contributed by atoms with Crippen molar-refractivity contribution in [3.8, 4) is 0 Å². The monoisotopic (exact) mass is 437 g/mol. The van der Waals surface area contributed by atoms with E-state index in [4.69, 9.17) is 4.42 Å². The van der Waals surface area contributed by atoms with Crippen LogP contribution in [0.1, 0.15) is 56.5 Å². The molecule has 0 saturated carbocycles. The number of para-hydroxylation sites is 1. The lowest BCUT2D eigenvalue weighted by atomic mass is 9.91. The van der Waals surface area contributed by atoms with Gasteiger partial charge in [-0.25, -0.2) is 0 Å². The van der Waals surface area contributed by atoms with E-state index in [1.54, 1.807) is 0 Å². The van der Waals surface area contributed by atoms with E-state index in [0.717, 1.165) is 57.1 Å². The molecule has 0 bridgehead atoms. The van der Waals surface area contributed by atoms with Crippen molar-refractivity contribution < 1.29 is 9.21 Å². The van der Waals surface area contributed by atoms with Crippen molar-refractivity contribution in [2.24, 2.45) is 5.92 Å². The number of benzene rings is 1. The molecule has 2 saturated heterocycles. The Labute approximate surface area is 193 Å². The van der Waals surface area contributed by atoms with E-state index >= 15 is 0 Å². The SMILES string of the molecule is Cc1ccc([C@H](C)CCN2CCC(CCC(=O)N3CCN(c4ccccc4)CC3)CC2)o1. The van der Waals surface area contributed by atoms with Crippen molar-refractivity contribution in [3.05, 3.63) is 54.0 Å². The number of rotatable bonds is 8. The number of piperidine rings is 1. The summed E-state index contributed by atoms with van der Waals surface area (Å²) in [6.07, 6.45) is 5.36. The second kappa shape index (κ2) is 11.0. The highest BCUT2D eigenvalue weighted by molar-refractivity contribution is 5.76. The summed E-state index contributed by atoms with van der Waals surface area (Å²) in [5.74, 6) is 3.64. The van der Waals surface area contributed by atoms with Crippen LogP contribution in [0.4, 0.5) is 5.69 Å². The topological polar surface area (TPSA) is 39.9 Å². The van der Waals surface area contributed by atoms with Gasteiger partial charge in [-0.3, -0.25) is 4.79 Å². The van der Waals surface area contributed by atoms with E-state index in [1.165, 1.54) is 31.6 Å². The van der Waals surface area contributed by atoms with Crippen LogP contribution < -0.4 is 4.90 Å². The number of carbonyl (C=O) groups excluding carboxylic acids is 1. The van der Waals surface area contributed by atoms with E-state index in [0.29, 0.717) is 24.2 Å². The van der Waals surface area contributed by atoms with Gasteiger partial charge in [0.1, 0.15) is 11.5 Å². The highest BCUT2D eigenvalue weighted by Crippen LogP contribution is 2.26. The van der Waals surface area contributed by atoms with Crippen LogP contribution in [-0.4, -0.2) is 61.5 Å². The van der Waals surface area contributed by atoms with Crippen LogP contribution in [0, 0.1) is 12.8 Å². The number of carbonyl (C=O) groups is 1. The molecule has 1 atom stereocenters. The quantitative estimate of drug-likeness (QED) is 0.588. The lowest BCUT2D eigenvalue weighted by Crippen LogP contribution is -2.48. The first-order valence-electron chi connectivity index (χ1n) is 12.4. The van der Waals surface area contributed by atoms with Gasteiger partial charge in [0.25, 0.3) is 0 Å². The smallest absolute Gasteiger partial charge is 0.222 e. The van der Waals surface area contributed by atoms with Crippen molar-refractivity contribution in [2.75, 3.05) is 50.7 Å². The standard InChI is InChI=1S/C27H39N3O2/c1-22(26-10-8-23(2)32-26)12-15-28-16-13-24(14-17-28)9-11-27(31)30-20-18-29(19-21-30)25-6-4-3-5-7-25/h3-8,10,22,24H,9,11-21H2,1-2H3/t22-/m1/s1. The van der Waals surface area contributed by atoms with Gasteiger partial charge >= 0.3 is 0 Å². The normalized spacial score (nSPS) is 19.3. The number of furan rings is 1. The molecular formula is C27H39N3O2. The Bertz CT molecular complexity index is 834. The molecule has 4 rings (SSSR count). The molecule has 174 valence electrons. The van der Waals surface area contributed by atoms with Crippen LogP contribution in [0.5, 0.6) is 0 Å². The van der Waals surface area contributed by atoms with E-state index < -0.39 is 0 Å². The maximum absolute atomic E-state index is 12.8. The van der Waals surface area contributed by atoms with E-state index in [9.17, 15) is 4.79 Å². The second-order valence-corrected chi connectivity index (χ2v) is 9.67. The van der Waals surface area contributed by atoms with E-state index in [2.05, 4.69) is 64.1 Å². The molecule has 2 fully saturated rings. The first kappa shape index (κ1) is 22.9. The molecule has 5 heteroatoms. The molecule has 1 amide bonds. The molecular weight excluding hydrogens is 398 g/mol. The Kier molecular flexibility index (Phi) is 7.90. The predicted octanol–water partition coefficient (Wildman–Crippen LogP) is 4.92. The van der Waals surface area contributed by atoms with Crippen LogP contribution in [-0.2, 0) is 4.79 Å². The van der Waals surface area contributed by atoms with Crippen molar-refractivity contribution in [2.45, 2.75) is 51.9 Å². The van der Waals surface area contributed by atoms with Gasteiger partial charge in [-0.15, -0.1) is 0 Å². The average Bonchev–Trinajstić information content (AvgIpc) is 3.28. The Hall–Kier alpha value is -2.27. The van der Waals surface area contributed by atoms with Crippen LogP contribution in [0.3, 0.4) is 0 Å². The minimum absolute atomic E-state index is 0.350. The Morgan fingerprint density at radius 3 is 2.38 bits per heavy atom. The Balaban J connectivity index is 1.11. The molecule has 0 spiro atoms. The van der Waals surface area contributed by atoms with Gasteiger partial charge in [0.05, 0.1) is 0 Å². The van der Waals surface area contributed by atoms with Gasteiger partial charge in [0.2, 0.25) is 5.91 Å². The first-order valence-corrected chi connectivity index (χ1v) is 12.4. The summed E-state index contributed by atoms with van der Waals surface area (Å²) >= 11 is 0. The zero-order valence-corrected chi connectivity index (χ0v) is 19.8. The van der Waals surface area contributed by atoms with Gasteiger partial charge in [-0.2, -0.15) is 0 Å². The third-order valence-corrected chi connectivity index (χ3v) is 7.35. The molecule has 3 heterocycles. The third kappa shape index (κ3) is 6.16. The zero-order chi connectivity index (χ0) is 22.3. The van der Waals surface area contributed by atoms with Crippen molar-refractivity contribution in [3.63, 3.8) is 0 Å². The van der Waals surface area contributed by atoms with Gasteiger partial charge in [-0.05, 0) is 82.4 Å². The van der Waals surface area contributed by atoms with Gasteiger partial charge < -0.3 is 19.1 Å². The Morgan fingerprint density at radius 2 is 1.72 bits per heavy atom. The highest BCUT2D eigenvalue weighted by Gasteiger charge is 2.24. The molecule has 2 aliphatic heterocycles. The fourth-order valence-electron chi connectivity index (χ4n) is 5.07. The number of anilines is 1. The number of aryl methyl sites for hydroxylation is 1. The lowest BCUT2D eigenvalue weighted by Gasteiger charge is -2.36. The summed E-state index contributed by atoms with van der Waals surface area (Å²) in [5, 5.41) is 0. The summed E-state index contributed by atoms with van der Waals surface area (Å²) in [7, 11) is 0. The minimum atomic E-state index is 0.350. The molecule has 0 radical (unpaired) electrons. The van der Waals surface area contributed by atoms with Crippen molar-refractivity contribution >= 4 is 11.6 Å². The molecule has 0 aliphatic carbocycles. The molecule has 2 aromatic rings. The fourth-order valence-corrected chi connectivity index (χ4v) is 5.07. The van der Waals surface area contributed by atoms with Crippen LogP contribution in [0.15, 0.2) is 46.9 Å².